The second-order valence-electron chi connectivity index (χ2n) is 3.69. The van der Waals surface area contributed by atoms with Crippen LogP contribution < -0.4 is 0 Å². The number of hydrogen-bond donors (Lipinski definition) is 0. The SMILES string of the molecule is C=C(Cl)CN1CCCC1CC(C)=O. The van der Waals surface area contributed by atoms with Crippen LogP contribution in [0, 0.1) is 0 Å². The number of halogens is 1. The Bertz CT molecular complexity index is 193. The van der Waals surface area contributed by atoms with Gasteiger partial charge in [0, 0.05) is 24.0 Å². The lowest BCUT2D eigenvalue weighted by Gasteiger charge is -2.22. The number of carbonyl (C=O) groups excluding carboxylic acids is 1. The highest BCUT2D eigenvalue weighted by Crippen LogP contribution is 2.21. The Labute approximate surface area is 84.6 Å². The molecule has 1 saturated heterocycles. The summed E-state index contributed by atoms with van der Waals surface area (Å²) in [7, 11) is 0. The Kier molecular flexibility index (Phi) is 3.94. The molecule has 0 aromatic heterocycles. The van der Waals surface area contributed by atoms with E-state index in [1.165, 1.54) is 6.42 Å². The third-order valence-corrected chi connectivity index (χ3v) is 2.52. The average molecular weight is 202 g/mol. The topological polar surface area (TPSA) is 20.3 Å². The Morgan fingerprint density at radius 3 is 2.92 bits per heavy atom. The van der Waals surface area contributed by atoms with Gasteiger partial charge in [-0.25, -0.2) is 0 Å². The van der Waals surface area contributed by atoms with Crippen LogP contribution >= 0.6 is 11.6 Å². The summed E-state index contributed by atoms with van der Waals surface area (Å²) < 4.78 is 0. The van der Waals surface area contributed by atoms with Crippen molar-refractivity contribution in [1.29, 1.82) is 0 Å². The van der Waals surface area contributed by atoms with E-state index in [4.69, 9.17) is 11.6 Å². The third kappa shape index (κ3) is 3.49. The zero-order valence-corrected chi connectivity index (χ0v) is 8.81. The number of likely N-dealkylation sites (tertiary alicyclic amines) is 1. The molecule has 1 heterocycles. The van der Waals surface area contributed by atoms with Crippen LogP contribution in [-0.2, 0) is 4.79 Å². The van der Waals surface area contributed by atoms with Crippen LogP contribution in [0.15, 0.2) is 11.6 Å². The molecule has 13 heavy (non-hydrogen) atoms. The molecule has 1 aliphatic heterocycles. The molecule has 0 N–H and O–H groups in total. The fourth-order valence-corrected chi connectivity index (χ4v) is 2.04. The quantitative estimate of drug-likeness (QED) is 0.695. The zero-order chi connectivity index (χ0) is 9.84. The Balaban J connectivity index is 2.43. The molecule has 0 aromatic carbocycles. The lowest BCUT2D eigenvalue weighted by Crippen LogP contribution is -2.31. The smallest absolute Gasteiger partial charge is 0.131 e. The molecule has 1 atom stereocenters. The maximum Gasteiger partial charge on any atom is 0.131 e. The lowest BCUT2D eigenvalue weighted by molar-refractivity contribution is -0.117. The molecular formula is C10H16ClNO. The molecule has 0 radical (unpaired) electrons. The highest BCUT2D eigenvalue weighted by Gasteiger charge is 2.25. The number of nitrogens with zero attached hydrogens (tertiary/aromatic N) is 1. The van der Waals surface area contributed by atoms with Crippen LogP contribution in [0.4, 0.5) is 0 Å². The predicted molar refractivity (Wildman–Crippen MR) is 54.9 cm³/mol. The second-order valence-corrected chi connectivity index (χ2v) is 4.22. The number of ketones is 1. The van der Waals surface area contributed by atoms with Gasteiger partial charge in [-0.3, -0.25) is 9.69 Å². The molecule has 0 spiro atoms. The van der Waals surface area contributed by atoms with E-state index in [1.807, 2.05) is 0 Å². The van der Waals surface area contributed by atoms with E-state index < -0.39 is 0 Å². The first kappa shape index (κ1) is 10.7. The second kappa shape index (κ2) is 4.77. The molecular weight excluding hydrogens is 186 g/mol. The van der Waals surface area contributed by atoms with Gasteiger partial charge < -0.3 is 0 Å². The van der Waals surface area contributed by atoms with Crippen LogP contribution in [0.25, 0.3) is 0 Å². The summed E-state index contributed by atoms with van der Waals surface area (Å²) in [6, 6.07) is 0.396. The minimum Gasteiger partial charge on any atom is -0.300 e. The fraction of sp³-hybridized carbons (Fsp3) is 0.700. The number of rotatable bonds is 4. The third-order valence-electron chi connectivity index (χ3n) is 2.40. The maximum absolute atomic E-state index is 10.9. The molecule has 1 fully saturated rings. The van der Waals surface area contributed by atoms with Crippen molar-refractivity contribution in [3.63, 3.8) is 0 Å². The van der Waals surface area contributed by atoms with Crippen molar-refractivity contribution < 1.29 is 4.79 Å². The van der Waals surface area contributed by atoms with Gasteiger partial charge in [-0.15, -0.1) is 0 Å². The van der Waals surface area contributed by atoms with E-state index in [0.29, 0.717) is 17.5 Å². The van der Waals surface area contributed by atoms with Gasteiger partial charge in [0.05, 0.1) is 0 Å². The highest BCUT2D eigenvalue weighted by molar-refractivity contribution is 6.29. The minimum atomic E-state index is 0.261. The average Bonchev–Trinajstić information content (AvgIpc) is 2.34. The lowest BCUT2D eigenvalue weighted by atomic mass is 10.1. The van der Waals surface area contributed by atoms with E-state index in [0.717, 1.165) is 19.5 Å². The molecule has 3 heteroatoms. The molecule has 0 amide bonds. The standard InChI is InChI=1S/C10H16ClNO/c1-8(11)7-12-5-3-4-10(12)6-9(2)13/h10H,1,3-7H2,2H3. The summed E-state index contributed by atoms with van der Waals surface area (Å²) in [5.41, 5.74) is 0. The Morgan fingerprint density at radius 2 is 2.38 bits per heavy atom. The van der Waals surface area contributed by atoms with Crippen LogP contribution in [0.3, 0.4) is 0 Å². The maximum atomic E-state index is 10.9. The predicted octanol–water partition coefficient (Wildman–Crippen LogP) is 2.18. The molecule has 0 aliphatic carbocycles. The van der Waals surface area contributed by atoms with Crippen LogP contribution in [-0.4, -0.2) is 29.8 Å². The van der Waals surface area contributed by atoms with Crippen LogP contribution in [0.2, 0.25) is 0 Å². The van der Waals surface area contributed by atoms with E-state index in [2.05, 4.69) is 11.5 Å². The zero-order valence-electron chi connectivity index (χ0n) is 8.05. The summed E-state index contributed by atoms with van der Waals surface area (Å²) >= 11 is 5.74. The van der Waals surface area contributed by atoms with Crippen molar-refractivity contribution in [2.75, 3.05) is 13.1 Å². The summed E-state index contributed by atoms with van der Waals surface area (Å²) in [5, 5.41) is 0.662. The molecule has 0 aromatic rings. The molecule has 2 nitrogen and oxygen atoms in total. The van der Waals surface area contributed by atoms with Gasteiger partial charge in [-0.1, -0.05) is 18.2 Å². The first-order valence-corrected chi connectivity index (χ1v) is 5.04. The molecule has 0 saturated carbocycles. The normalized spacial score (nSPS) is 23.4. The van der Waals surface area contributed by atoms with Crippen LogP contribution in [0.5, 0.6) is 0 Å². The number of carbonyl (C=O) groups is 1. The summed E-state index contributed by atoms with van der Waals surface area (Å²) in [5.74, 6) is 0.261. The van der Waals surface area contributed by atoms with Crippen LogP contribution in [0.1, 0.15) is 26.2 Å². The molecule has 1 unspecified atom stereocenters. The fourth-order valence-electron chi connectivity index (χ4n) is 1.89. The van der Waals surface area contributed by atoms with E-state index >= 15 is 0 Å². The van der Waals surface area contributed by atoms with Gasteiger partial charge in [0.2, 0.25) is 0 Å². The van der Waals surface area contributed by atoms with Gasteiger partial charge in [0.25, 0.3) is 0 Å². The number of hydrogen-bond acceptors (Lipinski definition) is 2. The molecule has 74 valence electrons. The minimum absolute atomic E-state index is 0.261. The van der Waals surface area contributed by atoms with Crippen molar-refractivity contribution in [3.05, 3.63) is 11.6 Å². The van der Waals surface area contributed by atoms with E-state index in [1.54, 1.807) is 6.92 Å². The van der Waals surface area contributed by atoms with Gasteiger partial charge in [-0.2, -0.15) is 0 Å². The van der Waals surface area contributed by atoms with E-state index in [9.17, 15) is 4.79 Å². The van der Waals surface area contributed by atoms with Gasteiger partial charge in [0.1, 0.15) is 5.78 Å². The van der Waals surface area contributed by atoms with Gasteiger partial charge in [0.15, 0.2) is 0 Å². The Hall–Kier alpha value is -0.340. The molecule has 0 bridgehead atoms. The van der Waals surface area contributed by atoms with Crippen molar-refractivity contribution in [2.45, 2.75) is 32.2 Å². The van der Waals surface area contributed by atoms with Gasteiger partial charge in [-0.05, 0) is 26.3 Å². The highest BCUT2D eigenvalue weighted by atomic mass is 35.5. The number of Topliss-reactive ketones (excluding diaryl/α,β-unsaturated/α-hetero) is 1. The van der Waals surface area contributed by atoms with Crippen molar-refractivity contribution in [3.8, 4) is 0 Å². The molecule has 1 rings (SSSR count). The monoisotopic (exact) mass is 201 g/mol. The van der Waals surface area contributed by atoms with Crippen molar-refractivity contribution >= 4 is 17.4 Å². The van der Waals surface area contributed by atoms with Crippen molar-refractivity contribution in [1.82, 2.24) is 4.90 Å². The first-order chi connectivity index (χ1) is 6.09. The summed E-state index contributed by atoms with van der Waals surface area (Å²) in [4.78, 5) is 13.2. The Morgan fingerprint density at radius 1 is 1.69 bits per heavy atom. The van der Waals surface area contributed by atoms with Gasteiger partial charge >= 0.3 is 0 Å². The summed E-state index contributed by atoms with van der Waals surface area (Å²) in [6.45, 7) is 7.08. The largest absolute Gasteiger partial charge is 0.300 e. The first-order valence-electron chi connectivity index (χ1n) is 4.66. The van der Waals surface area contributed by atoms with E-state index in [-0.39, 0.29) is 5.78 Å². The molecule has 1 aliphatic rings. The summed E-state index contributed by atoms with van der Waals surface area (Å²) in [6.07, 6.45) is 2.94. The van der Waals surface area contributed by atoms with Crippen molar-refractivity contribution in [2.24, 2.45) is 0 Å².